The summed E-state index contributed by atoms with van der Waals surface area (Å²) in [5.41, 5.74) is 4.43. The van der Waals surface area contributed by atoms with Crippen LogP contribution in [0.5, 0.6) is 0 Å². The van der Waals surface area contributed by atoms with E-state index in [-0.39, 0.29) is 13.0 Å². The number of hydrogen-bond acceptors (Lipinski definition) is 0. The summed E-state index contributed by atoms with van der Waals surface area (Å²) >= 11 is 0. The Balaban J connectivity index is 0. The van der Waals surface area contributed by atoms with Gasteiger partial charge in [-0.05, 0) is 43.9 Å². The van der Waals surface area contributed by atoms with Crippen molar-refractivity contribution in [2.24, 2.45) is 0 Å². The Bertz CT molecular complexity index is 972. The van der Waals surface area contributed by atoms with Gasteiger partial charge in [0.1, 0.15) is 0 Å². The van der Waals surface area contributed by atoms with Crippen molar-refractivity contribution in [1.29, 1.82) is 0 Å². The Hall–Kier alpha value is -2.54. The quantitative estimate of drug-likeness (QED) is 0.244. The lowest BCUT2D eigenvalue weighted by Gasteiger charge is -2.24. The second-order valence-corrected chi connectivity index (χ2v) is 9.16. The standard InChI is InChI=1S/C16H17N.C10H14.3C2H6.CH4/c1-16(2,3)17-14-10-6-4-8-12(14)13-9-5-7-11-15(13)17;1-10(2,3)9-7-5-4-6-8-9;3*1-2;/h4-11H,1-3H3;4-8H,1-3H3;3*1-2H3;1H4. The smallest absolute Gasteiger partial charge is 0.0496 e. The van der Waals surface area contributed by atoms with Gasteiger partial charge in [-0.1, -0.05) is 136 Å². The van der Waals surface area contributed by atoms with E-state index in [1.54, 1.807) is 0 Å². The molecule has 0 saturated carbocycles. The minimum absolute atomic E-state index is 0. The van der Waals surface area contributed by atoms with Crippen molar-refractivity contribution >= 4 is 21.8 Å². The summed E-state index contributed by atoms with van der Waals surface area (Å²) < 4.78 is 2.43. The molecule has 0 aliphatic rings. The fourth-order valence-corrected chi connectivity index (χ4v) is 3.58. The van der Waals surface area contributed by atoms with E-state index in [0.717, 1.165) is 0 Å². The minimum Gasteiger partial charge on any atom is -0.335 e. The van der Waals surface area contributed by atoms with Crippen molar-refractivity contribution in [2.75, 3.05) is 0 Å². The van der Waals surface area contributed by atoms with Crippen LogP contribution in [0, 0.1) is 0 Å². The number of benzene rings is 3. The molecule has 3 aromatic carbocycles. The summed E-state index contributed by atoms with van der Waals surface area (Å²) in [7, 11) is 0. The Kier molecular flexibility index (Phi) is 16.0. The fourth-order valence-electron chi connectivity index (χ4n) is 3.58. The zero-order chi connectivity index (χ0) is 25.7. The molecule has 0 atom stereocenters. The van der Waals surface area contributed by atoms with Gasteiger partial charge in [-0.15, -0.1) is 0 Å². The molecule has 0 amide bonds. The first-order valence-electron chi connectivity index (χ1n) is 12.7. The predicted molar refractivity (Wildman–Crippen MR) is 160 cm³/mol. The summed E-state index contributed by atoms with van der Waals surface area (Å²) in [5, 5.41) is 2.69. The molecule has 0 radical (unpaired) electrons. The molecule has 4 aromatic rings. The highest BCUT2D eigenvalue weighted by Gasteiger charge is 2.19. The van der Waals surface area contributed by atoms with Crippen molar-refractivity contribution in [3.8, 4) is 0 Å². The predicted octanol–water partition coefficient (Wildman–Crippen LogP) is 11.2. The second-order valence-electron chi connectivity index (χ2n) is 9.16. The zero-order valence-electron chi connectivity index (χ0n) is 23.5. The van der Waals surface area contributed by atoms with Crippen LogP contribution in [0.2, 0.25) is 0 Å². The molecule has 1 heteroatoms. The summed E-state index contributed by atoms with van der Waals surface area (Å²) in [4.78, 5) is 0. The summed E-state index contributed by atoms with van der Waals surface area (Å²) in [6.45, 7) is 25.4. The van der Waals surface area contributed by atoms with Crippen LogP contribution in [0.4, 0.5) is 0 Å². The fraction of sp³-hybridized carbons (Fsp3) is 0.455. The largest absolute Gasteiger partial charge is 0.335 e. The molecule has 1 aromatic heterocycles. The summed E-state index contributed by atoms with van der Waals surface area (Å²) in [6.07, 6.45) is 0. The highest BCUT2D eigenvalue weighted by molar-refractivity contribution is 6.08. The summed E-state index contributed by atoms with van der Waals surface area (Å²) in [5.74, 6) is 0. The molecule has 34 heavy (non-hydrogen) atoms. The van der Waals surface area contributed by atoms with Crippen LogP contribution in [0.25, 0.3) is 21.8 Å². The molecule has 4 rings (SSSR count). The molecule has 0 aliphatic heterocycles. The van der Waals surface area contributed by atoms with Crippen molar-refractivity contribution in [3.63, 3.8) is 0 Å². The molecule has 0 spiro atoms. The number of nitrogens with zero attached hydrogens (tertiary/aromatic N) is 1. The zero-order valence-corrected chi connectivity index (χ0v) is 23.5. The van der Waals surface area contributed by atoms with Crippen LogP contribution in [-0.2, 0) is 11.0 Å². The molecule has 0 saturated heterocycles. The Morgan fingerprint density at radius 2 is 0.794 bits per heavy atom. The first-order chi connectivity index (χ1) is 15.7. The lowest BCUT2D eigenvalue weighted by atomic mass is 9.87. The Morgan fingerprint density at radius 1 is 0.471 bits per heavy atom. The third-order valence-electron chi connectivity index (χ3n) is 4.89. The van der Waals surface area contributed by atoms with Gasteiger partial charge in [-0.25, -0.2) is 0 Å². The van der Waals surface area contributed by atoms with E-state index in [1.807, 2.05) is 41.5 Å². The van der Waals surface area contributed by atoms with E-state index in [0.29, 0.717) is 5.41 Å². The maximum absolute atomic E-state index is 2.43. The van der Waals surface area contributed by atoms with Gasteiger partial charge in [0.25, 0.3) is 0 Å². The van der Waals surface area contributed by atoms with Gasteiger partial charge in [-0.2, -0.15) is 0 Å². The topological polar surface area (TPSA) is 4.93 Å². The number of aromatic nitrogens is 1. The first kappa shape index (κ1) is 33.6. The van der Waals surface area contributed by atoms with Crippen molar-refractivity contribution in [3.05, 3.63) is 84.4 Å². The molecule has 1 nitrogen and oxygen atoms in total. The van der Waals surface area contributed by atoms with Gasteiger partial charge >= 0.3 is 0 Å². The minimum atomic E-state index is 0. The van der Waals surface area contributed by atoms with Crippen LogP contribution < -0.4 is 0 Å². The molecule has 0 N–H and O–H groups in total. The van der Waals surface area contributed by atoms with Gasteiger partial charge in [0.15, 0.2) is 0 Å². The van der Waals surface area contributed by atoms with Crippen LogP contribution in [0.1, 0.15) is 96.1 Å². The van der Waals surface area contributed by atoms with Crippen molar-refractivity contribution in [2.45, 2.75) is 101 Å². The van der Waals surface area contributed by atoms with Crippen LogP contribution in [-0.4, -0.2) is 4.57 Å². The Morgan fingerprint density at radius 3 is 1.09 bits per heavy atom. The van der Waals surface area contributed by atoms with Crippen LogP contribution >= 0.6 is 0 Å². The molecule has 1 heterocycles. The molecule has 0 fully saturated rings. The van der Waals surface area contributed by atoms with Crippen LogP contribution in [0.15, 0.2) is 78.9 Å². The highest BCUT2D eigenvalue weighted by Crippen LogP contribution is 2.33. The molecule has 0 aliphatic carbocycles. The van der Waals surface area contributed by atoms with E-state index < -0.39 is 0 Å². The maximum Gasteiger partial charge on any atom is 0.0496 e. The van der Waals surface area contributed by atoms with E-state index >= 15 is 0 Å². The van der Waals surface area contributed by atoms with E-state index in [4.69, 9.17) is 0 Å². The van der Waals surface area contributed by atoms with Gasteiger partial charge in [0.2, 0.25) is 0 Å². The lowest BCUT2D eigenvalue weighted by Crippen LogP contribution is -2.21. The van der Waals surface area contributed by atoms with E-state index in [1.165, 1.54) is 27.4 Å². The molecule has 190 valence electrons. The van der Waals surface area contributed by atoms with Crippen molar-refractivity contribution < 1.29 is 0 Å². The van der Waals surface area contributed by atoms with E-state index in [9.17, 15) is 0 Å². The Labute approximate surface area is 212 Å². The average molecular weight is 464 g/mol. The summed E-state index contributed by atoms with van der Waals surface area (Å²) in [6, 6.07) is 27.8. The third-order valence-corrected chi connectivity index (χ3v) is 4.89. The SMILES string of the molecule is C.CC.CC.CC.CC(C)(C)c1ccccc1.CC(C)(C)n1c2ccccc2c2ccccc21. The maximum atomic E-state index is 2.43. The average Bonchev–Trinajstić information content (AvgIpc) is 3.18. The molecular weight excluding hydrogens is 410 g/mol. The van der Waals surface area contributed by atoms with Gasteiger partial charge in [-0.3, -0.25) is 0 Å². The monoisotopic (exact) mass is 463 g/mol. The van der Waals surface area contributed by atoms with Gasteiger partial charge in [0.05, 0.1) is 0 Å². The highest BCUT2D eigenvalue weighted by atomic mass is 15.0. The number of para-hydroxylation sites is 2. The van der Waals surface area contributed by atoms with E-state index in [2.05, 4.69) is 125 Å². The second kappa shape index (κ2) is 16.1. The lowest BCUT2D eigenvalue weighted by molar-refractivity contribution is 0.423. The molecule has 0 unspecified atom stereocenters. The van der Waals surface area contributed by atoms with Gasteiger partial charge in [0, 0.05) is 27.3 Å². The van der Waals surface area contributed by atoms with Crippen molar-refractivity contribution in [1.82, 2.24) is 4.57 Å². The third kappa shape index (κ3) is 9.01. The normalized spacial score (nSPS) is 10.1. The van der Waals surface area contributed by atoms with Crippen LogP contribution in [0.3, 0.4) is 0 Å². The molecule has 0 bridgehead atoms. The van der Waals surface area contributed by atoms with Gasteiger partial charge < -0.3 is 4.57 Å². The first-order valence-corrected chi connectivity index (χ1v) is 12.7. The number of hydrogen-bond donors (Lipinski definition) is 0. The number of fused-ring (bicyclic) bond motifs is 3. The number of rotatable bonds is 0. The molecular formula is C33H53N.